The minimum absolute atomic E-state index is 0.296. The lowest BCUT2D eigenvalue weighted by Crippen LogP contribution is -2.14. The Morgan fingerprint density at radius 2 is 1.80 bits per heavy atom. The van der Waals surface area contributed by atoms with Crippen LogP contribution in [0.2, 0.25) is 0 Å². The van der Waals surface area contributed by atoms with Gasteiger partial charge in [0, 0.05) is 30.0 Å². The second kappa shape index (κ2) is 6.93. The number of sulfonamides is 1. The first-order valence-corrected chi connectivity index (χ1v) is 10.0. The van der Waals surface area contributed by atoms with E-state index in [4.69, 9.17) is 0 Å². The van der Waals surface area contributed by atoms with E-state index in [-0.39, 0.29) is 0 Å². The molecule has 5 nitrogen and oxygen atoms in total. The van der Waals surface area contributed by atoms with Gasteiger partial charge < -0.3 is 4.57 Å². The number of nitrogens with one attached hydrogen (secondary N) is 1. The Kier molecular flexibility index (Phi) is 4.87. The Morgan fingerprint density at radius 3 is 2.40 bits per heavy atom. The first-order valence-electron chi connectivity index (χ1n) is 7.70. The molecule has 0 aliphatic rings. The molecule has 3 rings (SSSR count). The highest BCUT2D eigenvalue weighted by Crippen LogP contribution is 2.27. The average Bonchev–Trinajstić information content (AvgIpc) is 2.93. The minimum atomic E-state index is -3.60. The molecular formula is C18H19N3O2S2. The van der Waals surface area contributed by atoms with Crippen LogP contribution in [0.1, 0.15) is 11.1 Å². The van der Waals surface area contributed by atoms with E-state index in [2.05, 4.69) is 9.71 Å². The lowest BCUT2D eigenvalue weighted by atomic mass is 10.2. The predicted molar refractivity (Wildman–Crippen MR) is 100 cm³/mol. The summed E-state index contributed by atoms with van der Waals surface area (Å²) >= 11 is 1.52. The Labute approximate surface area is 152 Å². The van der Waals surface area contributed by atoms with Crippen molar-refractivity contribution in [3.05, 3.63) is 66.0 Å². The molecule has 1 N–H and O–H groups in total. The van der Waals surface area contributed by atoms with Crippen molar-refractivity contribution in [1.82, 2.24) is 9.55 Å². The van der Waals surface area contributed by atoms with Crippen molar-refractivity contribution in [3.8, 4) is 0 Å². The number of rotatable bonds is 5. The van der Waals surface area contributed by atoms with E-state index in [1.54, 1.807) is 37.4 Å². The lowest BCUT2D eigenvalue weighted by molar-refractivity contribution is 0.600. The summed E-state index contributed by atoms with van der Waals surface area (Å²) in [7, 11) is -1.67. The van der Waals surface area contributed by atoms with E-state index >= 15 is 0 Å². The number of benzene rings is 2. The third kappa shape index (κ3) is 4.05. The molecule has 0 radical (unpaired) electrons. The number of anilines is 1. The van der Waals surface area contributed by atoms with Crippen LogP contribution < -0.4 is 4.72 Å². The van der Waals surface area contributed by atoms with Crippen LogP contribution in [0.15, 0.2) is 69.8 Å². The molecule has 0 saturated carbocycles. The van der Waals surface area contributed by atoms with Crippen molar-refractivity contribution >= 4 is 27.5 Å². The van der Waals surface area contributed by atoms with Crippen LogP contribution in [-0.2, 0) is 17.1 Å². The largest absolute Gasteiger partial charge is 0.329 e. The summed E-state index contributed by atoms with van der Waals surface area (Å²) in [6, 6.07) is 12.6. The SMILES string of the molecule is Cc1ccc(S(=O)(=O)Nc2ccc(Sc3nccn3C)cc2)c(C)c1. The molecule has 2 aromatic carbocycles. The number of hydrogen-bond donors (Lipinski definition) is 1. The predicted octanol–water partition coefficient (Wildman–Crippen LogP) is 3.99. The highest BCUT2D eigenvalue weighted by atomic mass is 32.2. The maximum Gasteiger partial charge on any atom is 0.262 e. The fourth-order valence-electron chi connectivity index (χ4n) is 2.46. The Morgan fingerprint density at radius 1 is 1.08 bits per heavy atom. The molecule has 0 atom stereocenters. The molecule has 0 bridgehead atoms. The number of nitrogens with zero attached hydrogens (tertiary/aromatic N) is 2. The van der Waals surface area contributed by atoms with Gasteiger partial charge in [0.15, 0.2) is 5.16 Å². The van der Waals surface area contributed by atoms with Gasteiger partial charge in [-0.1, -0.05) is 29.5 Å². The van der Waals surface area contributed by atoms with Gasteiger partial charge in [-0.3, -0.25) is 4.72 Å². The van der Waals surface area contributed by atoms with Gasteiger partial charge in [0.25, 0.3) is 10.0 Å². The molecule has 130 valence electrons. The monoisotopic (exact) mass is 373 g/mol. The molecular weight excluding hydrogens is 354 g/mol. The molecule has 0 fully saturated rings. The van der Waals surface area contributed by atoms with Gasteiger partial charge in [-0.05, 0) is 49.7 Å². The molecule has 0 spiro atoms. The summed E-state index contributed by atoms with van der Waals surface area (Å²) in [6.45, 7) is 3.74. The zero-order chi connectivity index (χ0) is 18.0. The lowest BCUT2D eigenvalue weighted by Gasteiger charge is -2.11. The van der Waals surface area contributed by atoms with E-state index in [9.17, 15) is 8.42 Å². The van der Waals surface area contributed by atoms with Gasteiger partial charge in [-0.25, -0.2) is 13.4 Å². The molecule has 0 saturated heterocycles. The molecule has 0 aliphatic carbocycles. The van der Waals surface area contributed by atoms with E-state index < -0.39 is 10.0 Å². The normalized spacial score (nSPS) is 11.5. The summed E-state index contributed by atoms with van der Waals surface area (Å²) in [5.41, 5.74) is 2.30. The smallest absolute Gasteiger partial charge is 0.262 e. The summed E-state index contributed by atoms with van der Waals surface area (Å²) in [5, 5.41) is 0.878. The topological polar surface area (TPSA) is 64.0 Å². The second-order valence-corrected chi connectivity index (χ2v) is 8.51. The standard InChI is InChI=1S/C18H19N3O2S2/c1-13-4-9-17(14(2)12-13)25(22,23)20-15-5-7-16(8-6-15)24-18-19-10-11-21(18)3/h4-12,20H,1-3H3. The maximum absolute atomic E-state index is 12.6. The van der Waals surface area contributed by atoms with Crippen molar-refractivity contribution in [1.29, 1.82) is 0 Å². The van der Waals surface area contributed by atoms with Gasteiger partial charge in [0.1, 0.15) is 0 Å². The maximum atomic E-state index is 12.6. The van der Waals surface area contributed by atoms with Gasteiger partial charge in [0.2, 0.25) is 0 Å². The molecule has 0 aliphatic heterocycles. The van der Waals surface area contributed by atoms with Gasteiger partial charge >= 0.3 is 0 Å². The molecule has 1 heterocycles. The van der Waals surface area contributed by atoms with Crippen molar-refractivity contribution in [3.63, 3.8) is 0 Å². The Bertz CT molecular complexity index is 993. The molecule has 7 heteroatoms. The van der Waals surface area contributed by atoms with Crippen molar-refractivity contribution in [2.24, 2.45) is 7.05 Å². The van der Waals surface area contributed by atoms with E-state index in [0.29, 0.717) is 10.6 Å². The fraction of sp³-hybridized carbons (Fsp3) is 0.167. The molecule has 1 aromatic heterocycles. The molecule has 3 aromatic rings. The third-order valence-corrected chi connectivity index (χ3v) is 6.34. The van der Waals surface area contributed by atoms with Crippen LogP contribution in [0.25, 0.3) is 0 Å². The summed E-state index contributed by atoms with van der Waals surface area (Å²) in [5.74, 6) is 0. The van der Waals surface area contributed by atoms with E-state index in [1.165, 1.54) is 11.8 Å². The summed E-state index contributed by atoms with van der Waals surface area (Å²) in [6.07, 6.45) is 3.63. The van der Waals surface area contributed by atoms with Crippen molar-refractivity contribution in [2.75, 3.05) is 4.72 Å². The first-order chi connectivity index (χ1) is 11.8. The number of imidazole rings is 1. The molecule has 0 unspecified atom stereocenters. The second-order valence-electron chi connectivity index (χ2n) is 5.82. The number of aromatic nitrogens is 2. The molecule has 25 heavy (non-hydrogen) atoms. The highest BCUT2D eigenvalue weighted by molar-refractivity contribution is 7.99. The van der Waals surface area contributed by atoms with Gasteiger partial charge in [-0.15, -0.1) is 0 Å². The Balaban J connectivity index is 1.77. The van der Waals surface area contributed by atoms with Crippen molar-refractivity contribution in [2.45, 2.75) is 28.8 Å². The zero-order valence-electron chi connectivity index (χ0n) is 14.2. The highest BCUT2D eigenvalue weighted by Gasteiger charge is 2.16. The van der Waals surface area contributed by atoms with Crippen LogP contribution >= 0.6 is 11.8 Å². The fourth-order valence-corrected chi connectivity index (χ4v) is 4.55. The quantitative estimate of drug-likeness (QED) is 0.734. The van der Waals surface area contributed by atoms with Gasteiger partial charge in [0.05, 0.1) is 4.90 Å². The number of hydrogen-bond acceptors (Lipinski definition) is 4. The third-order valence-electron chi connectivity index (χ3n) is 3.71. The summed E-state index contributed by atoms with van der Waals surface area (Å²) < 4.78 is 29.7. The van der Waals surface area contributed by atoms with Crippen LogP contribution in [-0.4, -0.2) is 18.0 Å². The molecule has 0 amide bonds. The Hall–Kier alpha value is -2.25. The average molecular weight is 374 g/mol. The van der Waals surface area contributed by atoms with E-state index in [1.807, 2.05) is 42.9 Å². The van der Waals surface area contributed by atoms with Crippen LogP contribution in [0.4, 0.5) is 5.69 Å². The van der Waals surface area contributed by atoms with E-state index in [0.717, 1.165) is 21.2 Å². The summed E-state index contributed by atoms with van der Waals surface area (Å²) in [4.78, 5) is 5.55. The van der Waals surface area contributed by atoms with Crippen LogP contribution in [0.5, 0.6) is 0 Å². The first kappa shape index (κ1) is 17.6. The van der Waals surface area contributed by atoms with Crippen LogP contribution in [0.3, 0.4) is 0 Å². The van der Waals surface area contributed by atoms with Gasteiger partial charge in [-0.2, -0.15) is 0 Å². The zero-order valence-corrected chi connectivity index (χ0v) is 15.9. The van der Waals surface area contributed by atoms with Crippen LogP contribution in [0, 0.1) is 13.8 Å². The minimum Gasteiger partial charge on any atom is -0.329 e. The number of aryl methyl sites for hydroxylation is 3. The van der Waals surface area contributed by atoms with Crippen molar-refractivity contribution < 1.29 is 8.42 Å².